The van der Waals surface area contributed by atoms with Gasteiger partial charge in [0.15, 0.2) is 16.3 Å². The molecule has 25 heavy (non-hydrogen) atoms. The van der Waals surface area contributed by atoms with E-state index in [0.29, 0.717) is 16.1 Å². The third kappa shape index (κ3) is 2.81. The first-order valence-electron chi connectivity index (χ1n) is 7.73. The molecule has 0 atom stereocenters. The van der Waals surface area contributed by atoms with Gasteiger partial charge in [-0.3, -0.25) is 14.9 Å². The number of thiazole rings is 1. The van der Waals surface area contributed by atoms with Gasteiger partial charge in [-0.25, -0.2) is 4.98 Å². The summed E-state index contributed by atoms with van der Waals surface area (Å²) in [5.41, 5.74) is 3.30. The van der Waals surface area contributed by atoms with Crippen molar-refractivity contribution in [2.24, 2.45) is 0 Å². The van der Waals surface area contributed by atoms with E-state index in [0.717, 1.165) is 15.8 Å². The zero-order valence-corrected chi connectivity index (χ0v) is 14.4. The molecule has 0 aliphatic carbocycles. The standard InChI is InChI=1S/C19H14N2O3S/c1-10-7-13-17(8-11(10)2)25-19(20-13)21-18(23)16-9-14(22)12-5-3-4-6-15(12)24-16/h3-9H,1-2H3,(H,20,21,23). The molecule has 0 saturated carbocycles. The number of carbonyl (C=O) groups is 1. The number of anilines is 1. The van der Waals surface area contributed by atoms with Crippen LogP contribution in [0.3, 0.4) is 0 Å². The van der Waals surface area contributed by atoms with Crippen molar-refractivity contribution in [3.63, 3.8) is 0 Å². The molecular weight excluding hydrogens is 336 g/mol. The molecule has 5 nitrogen and oxygen atoms in total. The normalized spacial score (nSPS) is 11.1. The Labute approximate surface area is 146 Å². The van der Waals surface area contributed by atoms with E-state index in [2.05, 4.69) is 10.3 Å². The highest BCUT2D eigenvalue weighted by molar-refractivity contribution is 7.22. The molecular formula is C19H14N2O3S. The summed E-state index contributed by atoms with van der Waals surface area (Å²) in [5.74, 6) is -0.523. The number of aromatic nitrogens is 1. The number of fused-ring (bicyclic) bond motifs is 2. The molecule has 2 aromatic heterocycles. The van der Waals surface area contributed by atoms with E-state index in [9.17, 15) is 9.59 Å². The quantitative estimate of drug-likeness (QED) is 0.586. The van der Waals surface area contributed by atoms with Crippen LogP contribution in [-0.4, -0.2) is 10.9 Å². The van der Waals surface area contributed by atoms with Crippen LogP contribution in [-0.2, 0) is 0 Å². The van der Waals surface area contributed by atoms with Gasteiger partial charge in [-0.05, 0) is 49.2 Å². The first kappa shape index (κ1) is 15.5. The fourth-order valence-electron chi connectivity index (χ4n) is 2.61. The summed E-state index contributed by atoms with van der Waals surface area (Å²) < 4.78 is 6.55. The third-order valence-corrected chi connectivity index (χ3v) is 5.02. The minimum absolute atomic E-state index is 0.0321. The SMILES string of the molecule is Cc1cc2nc(NC(=O)c3cc(=O)c4ccccc4o3)sc2cc1C. The van der Waals surface area contributed by atoms with Gasteiger partial charge in [0.1, 0.15) is 5.58 Å². The summed E-state index contributed by atoms with van der Waals surface area (Å²) in [6.45, 7) is 4.06. The lowest BCUT2D eigenvalue weighted by atomic mass is 10.1. The Bertz CT molecular complexity index is 1150. The molecule has 0 radical (unpaired) electrons. The van der Waals surface area contributed by atoms with E-state index in [4.69, 9.17) is 4.42 Å². The monoisotopic (exact) mass is 350 g/mol. The summed E-state index contributed by atoms with van der Waals surface area (Å²) in [6.07, 6.45) is 0. The lowest BCUT2D eigenvalue weighted by Crippen LogP contribution is -2.14. The Morgan fingerprint density at radius 1 is 1.12 bits per heavy atom. The Morgan fingerprint density at radius 3 is 2.72 bits per heavy atom. The summed E-state index contributed by atoms with van der Waals surface area (Å²) in [5, 5.41) is 3.64. The molecule has 0 saturated heterocycles. The second-order valence-electron chi connectivity index (χ2n) is 5.85. The zero-order valence-electron chi connectivity index (χ0n) is 13.6. The first-order valence-corrected chi connectivity index (χ1v) is 8.55. The van der Waals surface area contributed by atoms with Crippen LogP contribution in [0.5, 0.6) is 0 Å². The number of benzene rings is 2. The topological polar surface area (TPSA) is 72.2 Å². The van der Waals surface area contributed by atoms with Crippen molar-refractivity contribution in [1.29, 1.82) is 0 Å². The smallest absolute Gasteiger partial charge is 0.293 e. The van der Waals surface area contributed by atoms with Crippen LogP contribution in [0, 0.1) is 13.8 Å². The van der Waals surface area contributed by atoms with Gasteiger partial charge >= 0.3 is 0 Å². The van der Waals surface area contributed by atoms with Crippen molar-refractivity contribution in [3.05, 3.63) is 69.6 Å². The molecule has 4 aromatic rings. The van der Waals surface area contributed by atoms with Crippen LogP contribution >= 0.6 is 11.3 Å². The lowest BCUT2D eigenvalue weighted by Gasteiger charge is -2.02. The first-order chi connectivity index (χ1) is 12.0. The highest BCUT2D eigenvalue weighted by Gasteiger charge is 2.15. The van der Waals surface area contributed by atoms with E-state index < -0.39 is 5.91 Å². The fraction of sp³-hybridized carbons (Fsp3) is 0.105. The molecule has 1 N–H and O–H groups in total. The van der Waals surface area contributed by atoms with E-state index in [1.165, 1.54) is 23.0 Å². The van der Waals surface area contributed by atoms with E-state index in [1.54, 1.807) is 24.3 Å². The number of hydrogen-bond donors (Lipinski definition) is 1. The van der Waals surface area contributed by atoms with Crippen molar-refractivity contribution < 1.29 is 9.21 Å². The molecule has 6 heteroatoms. The fourth-order valence-corrected chi connectivity index (χ4v) is 3.55. The van der Waals surface area contributed by atoms with Gasteiger partial charge in [0, 0.05) is 6.07 Å². The van der Waals surface area contributed by atoms with E-state index in [-0.39, 0.29) is 11.2 Å². The summed E-state index contributed by atoms with van der Waals surface area (Å²) >= 11 is 1.39. The zero-order chi connectivity index (χ0) is 17.6. The average Bonchev–Trinajstić information content (AvgIpc) is 2.96. The number of para-hydroxylation sites is 1. The number of carbonyl (C=O) groups excluding carboxylic acids is 1. The molecule has 124 valence electrons. The van der Waals surface area contributed by atoms with Crippen molar-refractivity contribution in [2.75, 3.05) is 5.32 Å². The molecule has 0 unspecified atom stereocenters. The van der Waals surface area contributed by atoms with Crippen molar-refractivity contribution in [1.82, 2.24) is 4.98 Å². The molecule has 0 spiro atoms. The molecule has 1 amide bonds. The number of aryl methyl sites for hydroxylation is 2. The average molecular weight is 350 g/mol. The molecule has 0 aliphatic rings. The molecule has 0 fully saturated rings. The molecule has 2 heterocycles. The third-order valence-electron chi connectivity index (χ3n) is 4.08. The van der Waals surface area contributed by atoms with Crippen molar-refractivity contribution in [2.45, 2.75) is 13.8 Å². The van der Waals surface area contributed by atoms with Crippen molar-refractivity contribution >= 4 is 43.6 Å². The van der Waals surface area contributed by atoms with Crippen LogP contribution in [0.1, 0.15) is 21.7 Å². The Morgan fingerprint density at radius 2 is 1.88 bits per heavy atom. The summed E-state index contributed by atoms with van der Waals surface area (Å²) in [7, 11) is 0. The summed E-state index contributed by atoms with van der Waals surface area (Å²) in [4.78, 5) is 29.0. The van der Waals surface area contributed by atoms with Gasteiger partial charge in [0.05, 0.1) is 15.6 Å². The maximum atomic E-state index is 12.4. The lowest BCUT2D eigenvalue weighted by molar-refractivity contribution is 0.0997. The minimum Gasteiger partial charge on any atom is -0.451 e. The van der Waals surface area contributed by atoms with Gasteiger partial charge in [-0.15, -0.1) is 0 Å². The maximum absolute atomic E-state index is 12.4. The number of amides is 1. The Balaban J connectivity index is 1.69. The highest BCUT2D eigenvalue weighted by Crippen LogP contribution is 2.28. The number of rotatable bonds is 2. The molecule has 0 aliphatic heterocycles. The van der Waals surface area contributed by atoms with Crippen LogP contribution < -0.4 is 10.7 Å². The Kier molecular flexibility index (Phi) is 3.62. The number of nitrogens with one attached hydrogen (secondary N) is 1. The van der Waals surface area contributed by atoms with E-state index in [1.807, 2.05) is 26.0 Å². The number of nitrogens with zero attached hydrogens (tertiary/aromatic N) is 1. The van der Waals surface area contributed by atoms with Gasteiger partial charge in [-0.2, -0.15) is 0 Å². The second kappa shape index (κ2) is 5.82. The molecule has 4 rings (SSSR count). The summed E-state index contributed by atoms with van der Waals surface area (Å²) in [6, 6.07) is 12.1. The van der Waals surface area contributed by atoms with Gasteiger partial charge in [-0.1, -0.05) is 23.5 Å². The highest BCUT2D eigenvalue weighted by atomic mass is 32.1. The van der Waals surface area contributed by atoms with Crippen LogP contribution in [0.25, 0.3) is 21.2 Å². The molecule has 2 aromatic carbocycles. The van der Waals surface area contributed by atoms with Crippen LogP contribution in [0.2, 0.25) is 0 Å². The van der Waals surface area contributed by atoms with Gasteiger partial charge in [0.2, 0.25) is 0 Å². The molecule has 0 bridgehead atoms. The van der Waals surface area contributed by atoms with Gasteiger partial charge < -0.3 is 4.42 Å². The van der Waals surface area contributed by atoms with Crippen molar-refractivity contribution in [3.8, 4) is 0 Å². The maximum Gasteiger partial charge on any atom is 0.293 e. The number of hydrogen-bond acceptors (Lipinski definition) is 5. The van der Waals surface area contributed by atoms with Crippen LogP contribution in [0.15, 0.2) is 51.7 Å². The predicted molar refractivity (Wildman–Crippen MR) is 99.5 cm³/mol. The minimum atomic E-state index is -0.490. The predicted octanol–water partition coefficient (Wildman–Crippen LogP) is 4.27. The largest absolute Gasteiger partial charge is 0.451 e. The van der Waals surface area contributed by atoms with Crippen LogP contribution in [0.4, 0.5) is 5.13 Å². The Hall–Kier alpha value is -2.99. The van der Waals surface area contributed by atoms with Gasteiger partial charge in [0.25, 0.3) is 5.91 Å². The van der Waals surface area contributed by atoms with E-state index >= 15 is 0 Å². The second-order valence-corrected chi connectivity index (χ2v) is 6.88.